The van der Waals surface area contributed by atoms with Gasteiger partial charge in [0.1, 0.15) is 16.4 Å². The minimum absolute atomic E-state index is 0.100. The van der Waals surface area contributed by atoms with Gasteiger partial charge >= 0.3 is 0 Å². The molecule has 188 valence electrons. The van der Waals surface area contributed by atoms with Gasteiger partial charge in [-0.15, -0.1) is 0 Å². The van der Waals surface area contributed by atoms with Gasteiger partial charge in [0, 0.05) is 26.3 Å². The third kappa shape index (κ3) is 5.53. The van der Waals surface area contributed by atoms with E-state index in [4.69, 9.17) is 0 Å². The van der Waals surface area contributed by atoms with Gasteiger partial charge in [-0.25, -0.2) is 9.29 Å². The SMILES string of the molecule is O=C(Nc1ccc(SC2=C(Nc3ccc(F)cc3)C(=O)N(c3ccccc3)C2=O)cc1)c1ccc(Br)cc1. The van der Waals surface area contributed by atoms with E-state index in [2.05, 4.69) is 26.6 Å². The molecule has 0 bridgehead atoms. The third-order valence-corrected chi connectivity index (χ3v) is 7.23. The van der Waals surface area contributed by atoms with Crippen molar-refractivity contribution in [2.75, 3.05) is 15.5 Å². The highest BCUT2D eigenvalue weighted by Crippen LogP contribution is 2.38. The van der Waals surface area contributed by atoms with Crippen LogP contribution >= 0.6 is 27.7 Å². The quantitative estimate of drug-likeness (QED) is 0.232. The van der Waals surface area contributed by atoms with E-state index in [-0.39, 0.29) is 16.5 Å². The topological polar surface area (TPSA) is 78.5 Å². The number of amides is 3. The Morgan fingerprint density at radius 2 is 1.39 bits per heavy atom. The van der Waals surface area contributed by atoms with Crippen molar-refractivity contribution in [1.29, 1.82) is 0 Å². The first-order valence-corrected chi connectivity index (χ1v) is 13.1. The van der Waals surface area contributed by atoms with Crippen molar-refractivity contribution in [3.63, 3.8) is 0 Å². The fourth-order valence-electron chi connectivity index (χ4n) is 3.73. The molecule has 0 spiro atoms. The lowest BCUT2D eigenvalue weighted by molar-refractivity contribution is -0.120. The zero-order valence-electron chi connectivity index (χ0n) is 19.7. The van der Waals surface area contributed by atoms with Crippen molar-refractivity contribution >= 4 is 62.5 Å². The lowest BCUT2D eigenvalue weighted by Crippen LogP contribution is -2.32. The molecule has 0 atom stereocenters. The van der Waals surface area contributed by atoms with Crippen LogP contribution in [0.2, 0.25) is 0 Å². The number of hydrogen-bond acceptors (Lipinski definition) is 5. The average molecular weight is 588 g/mol. The minimum Gasteiger partial charge on any atom is -0.350 e. The van der Waals surface area contributed by atoms with E-state index in [1.165, 1.54) is 24.3 Å². The van der Waals surface area contributed by atoms with E-state index in [0.29, 0.717) is 27.5 Å². The molecular formula is C29H19BrFN3O3S. The van der Waals surface area contributed by atoms with Crippen molar-refractivity contribution < 1.29 is 18.8 Å². The van der Waals surface area contributed by atoms with Gasteiger partial charge in [-0.1, -0.05) is 45.9 Å². The summed E-state index contributed by atoms with van der Waals surface area (Å²) in [5, 5.41) is 5.84. The Morgan fingerprint density at radius 3 is 2.05 bits per heavy atom. The Labute approximate surface area is 230 Å². The molecule has 0 aliphatic carbocycles. The van der Waals surface area contributed by atoms with E-state index in [9.17, 15) is 18.8 Å². The molecule has 0 unspecified atom stereocenters. The number of nitrogens with zero attached hydrogens (tertiary/aromatic N) is 1. The Balaban J connectivity index is 1.39. The molecule has 0 radical (unpaired) electrons. The second kappa shape index (κ2) is 11.0. The maximum atomic E-state index is 13.4. The number of rotatable bonds is 7. The first kappa shape index (κ1) is 25.4. The number of imide groups is 1. The third-order valence-electron chi connectivity index (χ3n) is 5.61. The summed E-state index contributed by atoms with van der Waals surface area (Å²) in [4.78, 5) is 41.3. The second-order valence-electron chi connectivity index (χ2n) is 8.20. The molecule has 6 nitrogen and oxygen atoms in total. The zero-order chi connectivity index (χ0) is 26.6. The van der Waals surface area contributed by atoms with Gasteiger partial charge in [-0.05, 0) is 84.9 Å². The van der Waals surface area contributed by atoms with Crippen molar-refractivity contribution in [3.8, 4) is 0 Å². The molecule has 1 heterocycles. The van der Waals surface area contributed by atoms with Crippen LogP contribution in [0.3, 0.4) is 0 Å². The number of carbonyl (C=O) groups excluding carboxylic acids is 3. The largest absolute Gasteiger partial charge is 0.350 e. The summed E-state index contributed by atoms with van der Waals surface area (Å²) >= 11 is 4.48. The van der Waals surface area contributed by atoms with E-state index in [1.807, 2.05) is 0 Å². The lowest BCUT2D eigenvalue weighted by atomic mass is 10.2. The van der Waals surface area contributed by atoms with Gasteiger partial charge in [0.15, 0.2) is 0 Å². The number of halogens is 2. The number of benzene rings is 4. The van der Waals surface area contributed by atoms with Gasteiger partial charge in [0.2, 0.25) is 0 Å². The molecule has 3 amide bonds. The predicted octanol–water partition coefficient (Wildman–Crippen LogP) is 6.83. The van der Waals surface area contributed by atoms with Crippen LogP contribution in [0.15, 0.2) is 123 Å². The van der Waals surface area contributed by atoms with Crippen molar-refractivity contribution in [2.45, 2.75) is 4.90 Å². The van der Waals surface area contributed by atoms with E-state index in [1.54, 1.807) is 78.9 Å². The van der Waals surface area contributed by atoms with Gasteiger partial charge in [0.05, 0.1) is 5.69 Å². The highest BCUT2D eigenvalue weighted by atomic mass is 79.9. The number of hydrogen-bond donors (Lipinski definition) is 2. The lowest BCUT2D eigenvalue weighted by Gasteiger charge is -2.15. The fraction of sp³-hybridized carbons (Fsp3) is 0. The normalized spacial score (nSPS) is 13.2. The van der Waals surface area contributed by atoms with E-state index >= 15 is 0 Å². The van der Waals surface area contributed by atoms with Crippen LogP contribution in [0.4, 0.5) is 21.5 Å². The molecule has 2 N–H and O–H groups in total. The van der Waals surface area contributed by atoms with Crippen LogP contribution in [0.1, 0.15) is 10.4 Å². The van der Waals surface area contributed by atoms with Crippen LogP contribution in [0.5, 0.6) is 0 Å². The molecule has 4 aromatic rings. The molecule has 9 heteroatoms. The van der Waals surface area contributed by atoms with Crippen molar-refractivity contribution in [2.24, 2.45) is 0 Å². The molecular weight excluding hydrogens is 569 g/mol. The molecule has 1 aliphatic rings. The number of thioether (sulfide) groups is 1. The van der Waals surface area contributed by atoms with Crippen LogP contribution in [0, 0.1) is 5.82 Å². The molecule has 38 heavy (non-hydrogen) atoms. The van der Waals surface area contributed by atoms with Gasteiger partial charge in [-0.2, -0.15) is 0 Å². The summed E-state index contributed by atoms with van der Waals surface area (Å²) < 4.78 is 14.3. The van der Waals surface area contributed by atoms with Crippen molar-refractivity contribution in [3.05, 3.63) is 130 Å². The summed E-state index contributed by atoms with van der Waals surface area (Å²) in [5.74, 6) is -1.64. The smallest absolute Gasteiger partial charge is 0.283 e. The summed E-state index contributed by atoms with van der Waals surface area (Å²) in [6, 6.07) is 28.2. The molecule has 5 rings (SSSR count). The summed E-state index contributed by atoms with van der Waals surface area (Å²) in [7, 11) is 0. The van der Waals surface area contributed by atoms with Crippen LogP contribution in [-0.2, 0) is 9.59 Å². The zero-order valence-corrected chi connectivity index (χ0v) is 22.1. The van der Waals surface area contributed by atoms with Crippen LogP contribution in [-0.4, -0.2) is 17.7 Å². The van der Waals surface area contributed by atoms with Gasteiger partial charge < -0.3 is 10.6 Å². The average Bonchev–Trinajstić information content (AvgIpc) is 3.15. The molecule has 0 saturated carbocycles. The van der Waals surface area contributed by atoms with E-state index in [0.717, 1.165) is 21.1 Å². The predicted molar refractivity (Wildman–Crippen MR) is 150 cm³/mol. The molecule has 4 aromatic carbocycles. The number of nitrogens with one attached hydrogen (secondary N) is 2. The summed E-state index contributed by atoms with van der Waals surface area (Å²) in [5.41, 5.74) is 2.12. The number of carbonyl (C=O) groups is 3. The molecule has 0 saturated heterocycles. The highest BCUT2D eigenvalue weighted by Gasteiger charge is 2.40. The number of anilines is 3. The molecule has 1 aliphatic heterocycles. The first-order valence-electron chi connectivity index (χ1n) is 11.4. The number of para-hydroxylation sites is 1. The van der Waals surface area contributed by atoms with Crippen LogP contribution in [0.25, 0.3) is 0 Å². The maximum absolute atomic E-state index is 13.4. The Bertz CT molecular complexity index is 1540. The molecule has 0 fully saturated rings. The summed E-state index contributed by atoms with van der Waals surface area (Å²) in [6.07, 6.45) is 0. The Hall–Kier alpha value is -4.21. The van der Waals surface area contributed by atoms with Crippen LogP contribution < -0.4 is 15.5 Å². The van der Waals surface area contributed by atoms with E-state index < -0.39 is 17.6 Å². The second-order valence-corrected chi connectivity index (χ2v) is 10.2. The summed E-state index contributed by atoms with van der Waals surface area (Å²) in [6.45, 7) is 0. The Kier molecular flexibility index (Phi) is 7.39. The molecule has 0 aromatic heterocycles. The van der Waals surface area contributed by atoms with Crippen molar-refractivity contribution in [1.82, 2.24) is 0 Å². The maximum Gasteiger partial charge on any atom is 0.283 e. The fourth-order valence-corrected chi connectivity index (χ4v) is 4.92. The Morgan fingerprint density at radius 1 is 0.763 bits per heavy atom. The minimum atomic E-state index is -0.508. The van der Waals surface area contributed by atoms with Gasteiger partial charge in [0.25, 0.3) is 17.7 Å². The monoisotopic (exact) mass is 587 g/mol. The standard InChI is InChI=1S/C29H19BrFN3O3S/c30-19-8-6-18(7-9-19)27(35)33-22-14-16-24(17-15-22)38-26-25(32-21-12-10-20(31)11-13-21)28(36)34(29(26)37)23-4-2-1-3-5-23/h1-17,32H,(H,33,35). The first-order chi connectivity index (χ1) is 18.4. The van der Waals surface area contributed by atoms with Gasteiger partial charge in [-0.3, -0.25) is 14.4 Å². The highest BCUT2D eigenvalue weighted by molar-refractivity contribution is 9.10.